The molecule has 0 aromatic heterocycles. The van der Waals surface area contributed by atoms with Crippen LogP contribution >= 0.6 is 34.8 Å². The summed E-state index contributed by atoms with van der Waals surface area (Å²) in [7, 11) is 0. The zero-order valence-electron chi connectivity index (χ0n) is 17.9. The van der Waals surface area contributed by atoms with Crippen molar-refractivity contribution < 1.29 is 9.47 Å². The smallest absolute Gasteiger partial charge is 0.180 e. The molecule has 0 saturated heterocycles. The highest BCUT2D eigenvalue weighted by molar-refractivity contribution is 6.42. The molecule has 2 aromatic rings. The van der Waals surface area contributed by atoms with Crippen LogP contribution in [0.5, 0.6) is 11.5 Å². The van der Waals surface area contributed by atoms with Crippen LogP contribution < -0.4 is 14.8 Å². The molecular weight excluding hydrogens is 441 g/mol. The van der Waals surface area contributed by atoms with Crippen molar-refractivity contribution in [2.24, 2.45) is 0 Å². The number of hydrogen-bond donors (Lipinski definition) is 1. The van der Waals surface area contributed by atoms with Gasteiger partial charge in [0.15, 0.2) is 11.5 Å². The van der Waals surface area contributed by atoms with Gasteiger partial charge in [0.1, 0.15) is 6.61 Å². The van der Waals surface area contributed by atoms with E-state index in [0.29, 0.717) is 39.8 Å². The van der Waals surface area contributed by atoms with E-state index < -0.39 is 0 Å². The van der Waals surface area contributed by atoms with E-state index >= 15 is 0 Å². The molecule has 0 bridgehead atoms. The standard InChI is InChI=1S/C24H32Cl3NO2/c1-3-5-6-7-8-9-12-28-16-19-14-22(27)24(23(15-19)29-4-2)30-17-18-10-11-20(25)21(26)13-18/h10-11,13-15,28H,3-9,12,16-17H2,1-2H3. The van der Waals surface area contributed by atoms with Crippen LogP contribution in [0.4, 0.5) is 0 Å². The molecule has 30 heavy (non-hydrogen) atoms. The highest BCUT2D eigenvalue weighted by atomic mass is 35.5. The lowest BCUT2D eigenvalue weighted by molar-refractivity contribution is 0.269. The van der Waals surface area contributed by atoms with E-state index in [0.717, 1.165) is 24.2 Å². The number of benzene rings is 2. The molecule has 0 amide bonds. The number of rotatable bonds is 14. The maximum atomic E-state index is 6.52. The monoisotopic (exact) mass is 471 g/mol. The van der Waals surface area contributed by atoms with Crippen LogP contribution in [0.25, 0.3) is 0 Å². The Morgan fingerprint density at radius 3 is 2.23 bits per heavy atom. The first kappa shape index (κ1) is 25.1. The summed E-state index contributed by atoms with van der Waals surface area (Å²) in [4.78, 5) is 0. The third-order valence-electron chi connectivity index (χ3n) is 4.77. The second kappa shape index (κ2) is 14.0. The quantitative estimate of drug-likeness (QED) is 0.282. The predicted molar refractivity (Wildman–Crippen MR) is 128 cm³/mol. The summed E-state index contributed by atoms with van der Waals surface area (Å²) in [5.41, 5.74) is 1.99. The van der Waals surface area contributed by atoms with E-state index in [9.17, 15) is 0 Å². The van der Waals surface area contributed by atoms with Crippen LogP contribution in [0.15, 0.2) is 30.3 Å². The van der Waals surface area contributed by atoms with Crippen molar-refractivity contribution >= 4 is 34.8 Å². The molecule has 0 heterocycles. The Hall–Kier alpha value is -1.13. The summed E-state index contributed by atoms with van der Waals surface area (Å²) in [5.74, 6) is 1.20. The fourth-order valence-corrected chi connectivity index (χ4v) is 3.78. The highest BCUT2D eigenvalue weighted by Gasteiger charge is 2.13. The zero-order valence-corrected chi connectivity index (χ0v) is 20.2. The van der Waals surface area contributed by atoms with E-state index in [1.807, 2.05) is 25.1 Å². The normalized spacial score (nSPS) is 11.0. The maximum absolute atomic E-state index is 6.52. The Morgan fingerprint density at radius 1 is 0.767 bits per heavy atom. The van der Waals surface area contributed by atoms with Gasteiger partial charge in [-0.3, -0.25) is 0 Å². The maximum Gasteiger partial charge on any atom is 0.180 e. The van der Waals surface area contributed by atoms with Crippen molar-refractivity contribution in [3.05, 3.63) is 56.5 Å². The van der Waals surface area contributed by atoms with Crippen molar-refractivity contribution in [1.82, 2.24) is 5.32 Å². The van der Waals surface area contributed by atoms with E-state index in [1.54, 1.807) is 12.1 Å². The van der Waals surface area contributed by atoms with Crippen LogP contribution in [0.2, 0.25) is 15.1 Å². The molecule has 0 aliphatic heterocycles. The number of halogens is 3. The summed E-state index contributed by atoms with van der Waals surface area (Å²) in [6.07, 6.45) is 7.76. The lowest BCUT2D eigenvalue weighted by atomic mass is 10.1. The third-order valence-corrected chi connectivity index (χ3v) is 5.79. The van der Waals surface area contributed by atoms with Gasteiger partial charge in [-0.1, -0.05) is 79.9 Å². The van der Waals surface area contributed by atoms with Crippen LogP contribution in [-0.2, 0) is 13.2 Å². The Labute approximate surface area is 196 Å². The number of unbranched alkanes of at least 4 members (excludes halogenated alkanes) is 5. The molecule has 6 heteroatoms. The van der Waals surface area contributed by atoms with E-state index in [4.69, 9.17) is 44.3 Å². The van der Waals surface area contributed by atoms with E-state index in [2.05, 4.69) is 12.2 Å². The fourth-order valence-electron chi connectivity index (χ4n) is 3.17. The Morgan fingerprint density at radius 2 is 1.50 bits per heavy atom. The second-order valence-electron chi connectivity index (χ2n) is 7.32. The van der Waals surface area contributed by atoms with E-state index in [-0.39, 0.29) is 0 Å². The first-order valence-electron chi connectivity index (χ1n) is 10.8. The van der Waals surface area contributed by atoms with Crippen molar-refractivity contribution in [2.75, 3.05) is 13.2 Å². The highest BCUT2D eigenvalue weighted by Crippen LogP contribution is 2.37. The molecule has 166 valence electrons. The van der Waals surface area contributed by atoms with Gasteiger partial charge < -0.3 is 14.8 Å². The van der Waals surface area contributed by atoms with Gasteiger partial charge in [0.2, 0.25) is 0 Å². The molecule has 2 rings (SSSR count). The molecule has 0 unspecified atom stereocenters. The largest absolute Gasteiger partial charge is 0.490 e. The SMILES string of the molecule is CCCCCCCCNCc1cc(Cl)c(OCc2ccc(Cl)c(Cl)c2)c(OCC)c1. The summed E-state index contributed by atoms with van der Waals surface area (Å²) in [6.45, 7) is 6.80. The lowest BCUT2D eigenvalue weighted by Gasteiger charge is -2.16. The summed E-state index contributed by atoms with van der Waals surface area (Å²) < 4.78 is 11.8. The summed E-state index contributed by atoms with van der Waals surface area (Å²) >= 11 is 18.6. The van der Waals surface area contributed by atoms with Gasteiger partial charge in [-0.2, -0.15) is 0 Å². The van der Waals surface area contributed by atoms with Gasteiger partial charge in [-0.05, 0) is 55.3 Å². The molecule has 1 N–H and O–H groups in total. The Kier molecular flexibility index (Phi) is 11.8. The minimum absolute atomic E-state index is 0.326. The van der Waals surface area contributed by atoms with Gasteiger partial charge in [0.25, 0.3) is 0 Å². The molecule has 0 fully saturated rings. The predicted octanol–water partition coefficient (Wildman–Crippen LogP) is 8.07. The van der Waals surface area contributed by atoms with Crippen LogP contribution in [-0.4, -0.2) is 13.2 Å². The van der Waals surface area contributed by atoms with Crippen molar-refractivity contribution in [3.8, 4) is 11.5 Å². The third kappa shape index (κ3) is 8.55. The molecule has 0 atom stereocenters. The molecule has 3 nitrogen and oxygen atoms in total. The molecule has 0 aliphatic carbocycles. The van der Waals surface area contributed by atoms with Gasteiger partial charge in [0, 0.05) is 6.54 Å². The van der Waals surface area contributed by atoms with Crippen LogP contribution in [0.3, 0.4) is 0 Å². The van der Waals surface area contributed by atoms with Crippen LogP contribution in [0, 0.1) is 0 Å². The number of hydrogen-bond acceptors (Lipinski definition) is 3. The van der Waals surface area contributed by atoms with Gasteiger partial charge in [0.05, 0.1) is 21.7 Å². The van der Waals surface area contributed by atoms with Gasteiger partial charge in [-0.15, -0.1) is 0 Å². The zero-order chi connectivity index (χ0) is 21.8. The van der Waals surface area contributed by atoms with E-state index in [1.165, 1.54) is 38.5 Å². The average molecular weight is 473 g/mol. The Balaban J connectivity index is 1.91. The fraction of sp³-hybridized carbons (Fsp3) is 0.500. The van der Waals surface area contributed by atoms with Crippen LogP contribution in [0.1, 0.15) is 63.5 Å². The van der Waals surface area contributed by atoms with Crippen molar-refractivity contribution in [2.45, 2.75) is 65.5 Å². The molecule has 2 aromatic carbocycles. The molecule has 0 saturated carbocycles. The molecular formula is C24H32Cl3NO2. The number of ether oxygens (including phenoxy) is 2. The molecule has 0 aliphatic rings. The van der Waals surface area contributed by atoms with Crippen molar-refractivity contribution in [3.63, 3.8) is 0 Å². The summed E-state index contributed by atoms with van der Waals surface area (Å²) in [5, 5.41) is 5.06. The van der Waals surface area contributed by atoms with Crippen molar-refractivity contribution in [1.29, 1.82) is 0 Å². The second-order valence-corrected chi connectivity index (χ2v) is 8.54. The lowest BCUT2D eigenvalue weighted by Crippen LogP contribution is -2.15. The molecule has 0 spiro atoms. The first-order chi connectivity index (χ1) is 14.5. The molecule has 0 radical (unpaired) electrons. The minimum atomic E-state index is 0.326. The van der Waals surface area contributed by atoms with Gasteiger partial charge >= 0.3 is 0 Å². The summed E-state index contributed by atoms with van der Waals surface area (Å²) in [6, 6.07) is 9.35. The minimum Gasteiger partial charge on any atom is -0.490 e. The average Bonchev–Trinajstić information content (AvgIpc) is 2.72. The Bertz CT molecular complexity index is 783. The first-order valence-corrected chi connectivity index (χ1v) is 11.9. The van der Waals surface area contributed by atoms with Gasteiger partial charge in [-0.25, -0.2) is 0 Å². The topological polar surface area (TPSA) is 30.5 Å². The number of nitrogens with one attached hydrogen (secondary N) is 1.